The summed E-state index contributed by atoms with van der Waals surface area (Å²) < 4.78 is 0. The Kier molecular flexibility index (Phi) is 4.58. The molecule has 0 radical (unpaired) electrons. The van der Waals surface area contributed by atoms with E-state index in [1.54, 1.807) is 12.1 Å². The van der Waals surface area contributed by atoms with Crippen molar-refractivity contribution in [1.29, 1.82) is 0 Å². The van der Waals surface area contributed by atoms with E-state index in [0.29, 0.717) is 18.0 Å². The van der Waals surface area contributed by atoms with Crippen LogP contribution in [-0.2, 0) is 0 Å². The van der Waals surface area contributed by atoms with Crippen molar-refractivity contribution in [3.63, 3.8) is 0 Å². The molecule has 0 aromatic heterocycles. The highest BCUT2D eigenvalue weighted by Crippen LogP contribution is 2.25. The molecule has 2 aromatic rings. The normalized spacial score (nSPS) is 12.0. The predicted molar refractivity (Wildman–Crippen MR) is 87.3 cm³/mol. The number of aromatic hydroxyl groups is 2. The molecule has 0 aliphatic rings. The lowest BCUT2D eigenvalue weighted by atomic mass is 10.1. The van der Waals surface area contributed by atoms with E-state index in [0.717, 1.165) is 22.5 Å². The van der Waals surface area contributed by atoms with Gasteiger partial charge in [0.1, 0.15) is 11.5 Å². The zero-order chi connectivity index (χ0) is 15.4. The van der Waals surface area contributed by atoms with E-state index in [4.69, 9.17) is 0 Å². The van der Waals surface area contributed by atoms with Gasteiger partial charge in [-0.2, -0.15) is 0 Å². The maximum absolute atomic E-state index is 9.70. The van der Waals surface area contributed by atoms with Gasteiger partial charge in [0, 0.05) is 35.1 Å². The molecule has 1 atom stereocenters. The molecule has 0 amide bonds. The zero-order valence-corrected chi connectivity index (χ0v) is 12.6. The molecule has 0 aliphatic heterocycles. The van der Waals surface area contributed by atoms with Crippen molar-refractivity contribution < 1.29 is 10.2 Å². The summed E-state index contributed by atoms with van der Waals surface area (Å²) in [6, 6.07) is 11.1. The molecule has 4 heteroatoms. The van der Waals surface area contributed by atoms with Crippen LogP contribution in [0.5, 0.6) is 11.5 Å². The third kappa shape index (κ3) is 3.60. The molecule has 0 heterocycles. The number of phenolic OH excluding ortho intramolecular Hbond substituents is 2. The Hall–Kier alpha value is -2.36. The molecule has 4 N–H and O–H groups in total. The molecule has 0 fully saturated rings. The lowest BCUT2D eigenvalue weighted by Crippen LogP contribution is -2.25. The van der Waals surface area contributed by atoms with Crippen molar-refractivity contribution in [3.05, 3.63) is 47.5 Å². The summed E-state index contributed by atoms with van der Waals surface area (Å²) in [7, 11) is 0. The summed E-state index contributed by atoms with van der Waals surface area (Å²) in [5, 5.41) is 26.1. The van der Waals surface area contributed by atoms with Crippen LogP contribution in [0.3, 0.4) is 0 Å². The van der Waals surface area contributed by atoms with Gasteiger partial charge in [0.15, 0.2) is 0 Å². The van der Waals surface area contributed by atoms with Gasteiger partial charge < -0.3 is 20.8 Å². The summed E-state index contributed by atoms with van der Waals surface area (Å²) in [6.07, 6.45) is 0. The second kappa shape index (κ2) is 6.39. The molecule has 1 unspecified atom stereocenters. The van der Waals surface area contributed by atoms with Crippen molar-refractivity contribution in [2.24, 2.45) is 0 Å². The van der Waals surface area contributed by atoms with E-state index in [1.165, 1.54) is 0 Å². The molecule has 0 spiro atoms. The quantitative estimate of drug-likeness (QED) is 0.678. The van der Waals surface area contributed by atoms with Crippen LogP contribution >= 0.6 is 0 Å². The number of hydrogen-bond donors (Lipinski definition) is 4. The molecular weight excluding hydrogens is 264 g/mol. The number of nitrogens with one attached hydrogen (secondary N) is 2. The number of hydrogen-bond acceptors (Lipinski definition) is 4. The highest BCUT2D eigenvalue weighted by molar-refractivity contribution is 5.58. The van der Waals surface area contributed by atoms with Crippen LogP contribution in [0.4, 0.5) is 11.4 Å². The molecular formula is C17H22N2O2. The summed E-state index contributed by atoms with van der Waals surface area (Å²) in [5.41, 5.74) is 3.55. The molecule has 0 aliphatic carbocycles. The van der Waals surface area contributed by atoms with Crippen LogP contribution in [0.2, 0.25) is 0 Å². The van der Waals surface area contributed by atoms with Crippen molar-refractivity contribution in [2.75, 3.05) is 17.2 Å². The number of anilines is 2. The number of benzene rings is 2. The third-order valence-corrected chi connectivity index (χ3v) is 3.61. The SMILES string of the molecule is Cc1c(O)cccc1NCC(C)Nc1cccc(O)c1C. The van der Waals surface area contributed by atoms with Gasteiger partial charge in [0.2, 0.25) is 0 Å². The highest BCUT2D eigenvalue weighted by Gasteiger charge is 2.08. The fraction of sp³-hybridized carbons (Fsp3) is 0.294. The Balaban J connectivity index is 1.97. The second-order valence-corrected chi connectivity index (χ2v) is 5.33. The minimum atomic E-state index is 0.173. The first-order valence-electron chi connectivity index (χ1n) is 7.06. The summed E-state index contributed by atoms with van der Waals surface area (Å²) in [4.78, 5) is 0. The van der Waals surface area contributed by atoms with Gasteiger partial charge >= 0.3 is 0 Å². The Morgan fingerprint density at radius 2 is 1.43 bits per heavy atom. The van der Waals surface area contributed by atoms with Gasteiger partial charge in [-0.25, -0.2) is 0 Å². The smallest absolute Gasteiger partial charge is 0.120 e. The van der Waals surface area contributed by atoms with E-state index in [9.17, 15) is 10.2 Å². The Bertz CT molecular complexity index is 626. The molecule has 2 rings (SSSR count). The van der Waals surface area contributed by atoms with Gasteiger partial charge in [0.25, 0.3) is 0 Å². The van der Waals surface area contributed by atoms with E-state index in [1.807, 2.05) is 38.1 Å². The van der Waals surface area contributed by atoms with E-state index < -0.39 is 0 Å². The van der Waals surface area contributed by atoms with Crippen molar-refractivity contribution in [1.82, 2.24) is 0 Å². The maximum atomic E-state index is 9.70. The van der Waals surface area contributed by atoms with Gasteiger partial charge in [-0.05, 0) is 45.0 Å². The van der Waals surface area contributed by atoms with Crippen molar-refractivity contribution >= 4 is 11.4 Å². The third-order valence-electron chi connectivity index (χ3n) is 3.61. The standard InChI is InChI=1S/C17H22N2O2/c1-11(19-15-7-5-9-17(21)13(15)3)10-18-14-6-4-8-16(20)12(14)2/h4-9,11,18-21H,10H2,1-3H3. The van der Waals surface area contributed by atoms with E-state index in [-0.39, 0.29) is 6.04 Å². The maximum Gasteiger partial charge on any atom is 0.120 e. The largest absolute Gasteiger partial charge is 0.508 e. The lowest BCUT2D eigenvalue weighted by molar-refractivity contribution is 0.471. The predicted octanol–water partition coefficient (Wildman–Crippen LogP) is 3.63. The fourth-order valence-corrected chi connectivity index (χ4v) is 2.17. The fourth-order valence-electron chi connectivity index (χ4n) is 2.17. The number of rotatable bonds is 5. The summed E-state index contributed by atoms with van der Waals surface area (Å²) in [5.74, 6) is 0.591. The zero-order valence-electron chi connectivity index (χ0n) is 12.6. The van der Waals surface area contributed by atoms with Gasteiger partial charge in [-0.3, -0.25) is 0 Å². The van der Waals surface area contributed by atoms with Crippen LogP contribution in [0.25, 0.3) is 0 Å². The molecule has 0 saturated carbocycles. The van der Waals surface area contributed by atoms with Crippen LogP contribution in [0.15, 0.2) is 36.4 Å². The van der Waals surface area contributed by atoms with Crippen molar-refractivity contribution in [3.8, 4) is 11.5 Å². The van der Waals surface area contributed by atoms with Gasteiger partial charge in [0.05, 0.1) is 0 Å². The first-order chi connectivity index (χ1) is 9.99. The van der Waals surface area contributed by atoms with Crippen LogP contribution in [0, 0.1) is 13.8 Å². The van der Waals surface area contributed by atoms with E-state index in [2.05, 4.69) is 17.6 Å². The average molecular weight is 286 g/mol. The molecule has 0 bridgehead atoms. The minimum absolute atomic E-state index is 0.173. The molecule has 112 valence electrons. The van der Waals surface area contributed by atoms with Crippen LogP contribution < -0.4 is 10.6 Å². The van der Waals surface area contributed by atoms with Crippen molar-refractivity contribution in [2.45, 2.75) is 26.8 Å². The van der Waals surface area contributed by atoms with Crippen LogP contribution in [-0.4, -0.2) is 22.8 Å². The molecule has 4 nitrogen and oxygen atoms in total. The Labute approximate surface area is 125 Å². The minimum Gasteiger partial charge on any atom is -0.508 e. The highest BCUT2D eigenvalue weighted by atomic mass is 16.3. The van der Waals surface area contributed by atoms with Crippen LogP contribution in [0.1, 0.15) is 18.1 Å². The van der Waals surface area contributed by atoms with E-state index >= 15 is 0 Å². The summed E-state index contributed by atoms with van der Waals surface area (Å²) in [6.45, 7) is 6.54. The average Bonchev–Trinajstić information content (AvgIpc) is 2.45. The Morgan fingerprint density at radius 3 is 2.05 bits per heavy atom. The molecule has 2 aromatic carbocycles. The topological polar surface area (TPSA) is 64.5 Å². The summed E-state index contributed by atoms with van der Waals surface area (Å²) >= 11 is 0. The lowest BCUT2D eigenvalue weighted by Gasteiger charge is -2.19. The monoisotopic (exact) mass is 286 g/mol. The molecule has 0 saturated heterocycles. The molecule has 21 heavy (non-hydrogen) atoms. The first kappa shape index (κ1) is 15.0. The second-order valence-electron chi connectivity index (χ2n) is 5.33. The Morgan fingerprint density at radius 1 is 0.905 bits per heavy atom. The first-order valence-corrected chi connectivity index (χ1v) is 7.06. The number of phenols is 2. The van der Waals surface area contributed by atoms with Gasteiger partial charge in [-0.15, -0.1) is 0 Å². The van der Waals surface area contributed by atoms with Gasteiger partial charge in [-0.1, -0.05) is 12.1 Å².